The lowest BCUT2D eigenvalue weighted by Crippen LogP contribution is -2.37. The fourth-order valence-corrected chi connectivity index (χ4v) is 3.44. The molecule has 3 rings (SSSR count). The first kappa shape index (κ1) is 14.9. The van der Waals surface area contributed by atoms with Gasteiger partial charge in [0.15, 0.2) is 0 Å². The molecule has 1 unspecified atom stereocenters. The minimum Gasteiger partial charge on any atom is -0.493 e. The molecule has 0 amide bonds. The highest BCUT2D eigenvalue weighted by Gasteiger charge is 2.19. The molecule has 2 aliphatic rings. The highest BCUT2D eigenvalue weighted by molar-refractivity contribution is 5.40. The largest absolute Gasteiger partial charge is 0.493 e. The Morgan fingerprint density at radius 1 is 1.33 bits per heavy atom. The van der Waals surface area contributed by atoms with E-state index in [1.54, 1.807) is 0 Å². The number of hydrogen-bond acceptors (Lipinski definition) is 3. The highest BCUT2D eigenvalue weighted by atomic mass is 16.5. The van der Waals surface area contributed by atoms with E-state index in [4.69, 9.17) is 4.74 Å². The lowest BCUT2D eigenvalue weighted by atomic mass is 9.96. The van der Waals surface area contributed by atoms with Crippen LogP contribution < -0.4 is 10.1 Å². The van der Waals surface area contributed by atoms with Crippen molar-refractivity contribution in [3.63, 3.8) is 0 Å². The van der Waals surface area contributed by atoms with Gasteiger partial charge in [0.2, 0.25) is 0 Å². The maximum Gasteiger partial charge on any atom is 0.122 e. The second-order valence-electron chi connectivity index (χ2n) is 6.47. The van der Waals surface area contributed by atoms with Crippen LogP contribution in [0.25, 0.3) is 0 Å². The van der Waals surface area contributed by atoms with Gasteiger partial charge in [-0.1, -0.05) is 19.1 Å². The zero-order chi connectivity index (χ0) is 14.7. The molecule has 0 bridgehead atoms. The Morgan fingerprint density at radius 3 is 2.90 bits per heavy atom. The molecule has 116 valence electrons. The molecule has 3 nitrogen and oxygen atoms in total. The van der Waals surface area contributed by atoms with Crippen LogP contribution in [0.3, 0.4) is 0 Å². The SMILES string of the molecule is CCN1CCC(CNC(C)c2ccc3c(c2)CCO3)CC1. The fourth-order valence-electron chi connectivity index (χ4n) is 3.44. The molecular formula is C18H28N2O. The normalized spacial score (nSPS) is 21.0. The highest BCUT2D eigenvalue weighted by Crippen LogP contribution is 2.28. The molecule has 2 heterocycles. The molecule has 0 aliphatic carbocycles. The molecule has 0 saturated carbocycles. The van der Waals surface area contributed by atoms with E-state index in [2.05, 4.69) is 42.3 Å². The van der Waals surface area contributed by atoms with Crippen LogP contribution in [0.1, 0.15) is 43.9 Å². The monoisotopic (exact) mass is 288 g/mol. The quantitative estimate of drug-likeness (QED) is 0.901. The molecule has 1 fully saturated rings. The first-order chi connectivity index (χ1) is 10.3. The molecule has 3 heteroatoms. The van der Waals surface area contributed by atoms with E-state index < -0.39 is 0 Å². The van der Waals surface area contributed by atoms with Gasteiger partial charge in [-0.25, -0.2) is 0 Å². The van der Waals surface area contributed by atoms with Gasteiger partial charge in [-0.3, -0.25) is 0 Å². The molecule has 1 saturated heterocycles. The third-order valence-electron chi connectivity index (χ3n) is 5.08. The molecule has 1 aromatic carbocycles. The third kappa shape index (κ3) is 3.58. The number of rotatable bonds is 5. The summed E-state index contributed by atoms with van der Waals surface area (Å²) in [7, 11) is 0. The van der Waals surface area contributed by atoms with Gasteiger partial charge >= 0.3 is 0 Å². The van der Waals surface area contributed by atoms with E-state index in [-0.39, 0.29) is 0 Å². The van der Waals surface area contributed by atoms with Crippen molar-refractivity contribution < 1.29 is 4.74 Å². The predicted octanol–water partition coefficient (Wildman–Crippen LogP) is 3.00. The molecule has 0 spiro atoms. The Morgan fingerprint density at radius 2 is 2.14 bits per heavy atom. The van der Waals surface area contributed by atoms with Crippen LogP contribution in [-0.4, -0.2) is 37.7 Å². The van der Waals surface area contributed by atoms with Crippen molar-refractivity contribution in [2.45, 2.75) is 39.2 Å². The minimum absolute atomic E-state index is 0.431. The first-order valence-electron chi connectivity index (χ1n) is 8.47. The maximum atomic E-state index is 5.58. The minimum atomic E-state index is 0.431. The average molecular weight is 288 g/mol. The smallest absolute Gasteiger partial charge is 0.122 e. The number of nitrogens with one attached hydrogen (secondary N) is 1. The maximum absolute atomic E-state index is 5.58. The van der Waals surface area contributed by atoms with Crippen LogP contribution in [0.2, 0.25) is 0 Å². The van der Waals surface area contributed by atoms with E-state index >= 15 is 0 Å². The van der Waals surface area contributed by atoms with E-state index in [0.29, 0.717) is 6.04 Å². The summed E-state index contributed by atoms with van der Waals surface area (Å²) in [5.74, 6) is 1.92. The summed E-state index contributed by atoms with van der Waals surface area (Å²) in [6, 6.07) is 7.09. The van der Waals surface area contributed by atoms with Gasteiger partial charge in [-0.05, 0) is 69.1 Å². The first-order valence-corrected chi connectivity index (χ1v) is 8.47. The van der Waals surface area contributed by atoms with Gasteiger partial charge in [0, 0.05) is 12.5 Å². The molecule has 21 heavy (non-hydrogen) atoms. The average Bonchev–Trinajstić information content (AvgIpc) is 3.00. The van der Waals surface area contributed by atoms with Gasteiger partial charge in [0.1, 0.15) is 5.75 Å². The topological polar surface area (TPSA) is 24.5 Å². The zero-order valence-corrected chi connectivity index (χ0v) is 13.4. The Kier molecular flexibility index (Phi) is 4.81. The zero-order valence-electron chi connectivity index (χ0n) is 13.4. The summed E-state index contributed by atoms with van der Waals surface area (Å²) in [6.07, 6.45) is 3.74. The van der Waals surface area contributed by atoms with Crippen LogP contribution in [0.4, 0.5) is 0 Å². The van der Waals surface area contributed by atoms with Crippen molar-refractivity contribution >= 4 is 0 Å². The number of hydrogen-bond donors (Lipinski definition) is 1. The fraction of sp³-hybridized carbons (Fsp3) is 0.667. The van der Waals surface area contributed by atoms with Crippen molar-refractivity contribution in [3.05, 3.63) is 29.3 Å². The summed E-state index contributed by atoms with van der Waals surface area (Å²) in [4.78, 5) is 2.56. The Balaban J connectivity index is 1.49. The lowest BCUT2D eigenvalue weighted by Gasteiger charge is -2.31. The van der Waals surface area contributed by atoms with Crippen LogP contribution in [0.5, 0.6) is 5.75 Å². The van der Waals surface area contributed by atoms with Gasteiger partial charge in [-0.2, -0.15) is 0 Å². The number of fused-ring (bicyclic) bond motifs is 1. The lowest BCUT2D eigenvalue weighted by molar-refractivity contribution is 0.188. The number of benzene rings is 1. The van der Waals surface area contributed by atoms with E-state index in [1.165, 1.54) is 43.6 Å². The molecule has 2 aliphatic heterocycles. The van der Waals surface area contributed by atoms with E-state index in [0.717, 1.165) is 31.2 Å². The van der Waals surface area contributed by atoms with Gasteiger partial charge in [-0.15, -0.1) is 0 Å². The summed E-state index contributed by atoms with van der Waals surface area (Å²) in [6.45, 7) is 10.3. The standard InChI is InChI=1S/C18H28N2O/c1-3-20-9-6-15(7-10-20)13-19-14(2)16-4-5-18-17(12-16)8-11-21-18/h4-5,12,14-15,19H,3,6-11,13H2,1-2H3. The summed E-state index contributed by atoms with van der Waals surface area (Å²) in [5.41, 5.74) is 2.77. The second kappa shape index (κ2) is 6.80. The summed E-state index contributed by atoms with van der Waals surface area (Å²) < 4.78 is 5.58. The Labute approximate surface area is 128 Å². The molecule has 1 aromatic rings. The van der Waals surface area contributed by atoms with E-state index in [9.17, 15) is 0 Å². The number of nitrogens with zero attached hydrogens (tertiary/aromatic N) is 1. The Hall–Kier alpha value is -1.06. The van der Waals surface area contributed by atoms with Crippen molar-refractivity contribution in [1.82, 2.24) is 10.2 Å². The molecule has 0 radical (unpaired) electrons. The Bertz CT molecular complexity index is 466. The number of piperidine rings is 1. The number of ether oxygens (including phenoxy) is 1. The van der Waals surface area contributed by atoms with E-state index in [1.807, 2.05) is 0 Å². The number of likely N-dealkylation sites (tertiary alicyclic amines) is 1. The molecule has 0 aromatic heterocycles. The van der Waals surface area contributed by atoms with Gasteiger partial charge in [0.05, 0.1) is 6.61 Å². The third-order valence-corrected chi connectivity index (χ3v) is 5.08. The van der Waals surface area contributed by atoms with Crippen LogP contribution in [-0.2, 0) is 6.42 Å². The molecular weight excluding hydrogens is 260 g/mol. The van der Waals surface area contributed by atoms with Crippen molar-refractivity contribution in [2.75, 3.05) is 32.8 Å². The van der Waals surface area contributed by atoms with Crippen LogP contribution >= 0.6 is 0 Å². The van der Waals surface area contributed by atoms with Gasteiger partial charge in [0.25, 0.3) is 0 Å². The van der Waals surface area contributed by atoms with Crippen molar-refractivity contribution in [2.24, 2.45) is 5.92 Å². The summed E-state index contributed by atoms with van der Waals surface area (Å²) in [5, 5.41) is 3.73. The van der Waals surface area contributed by atoms with Crippen molar-refractivity contribution in [1.29, 1.82) is 0 Å². The molecule has 1 atom stereocenters. The van der Waals surface area contributed by atoms with Crippen LogP contribution in [0, 0.1) is 5.92 Å². The van der Waals surface area contributed by atoms with Crippen LogP contribution in [0.15, 0.2) is 18.2 Å². The van der Waals surface area contributed by atoms with Crippen molar-refractivity contribution in [3.8, 4) is 5.75 Å². The predicted molar refractivity (Wildman–Crippen MR) is 86.9 cm³/mol. The second-order valence-corrected chi connectivity index (χ2v) is 6.47. The summed E-state index contributed by atoms with van der Waals surface area (Å²) >= 11 is 0. The van der Waals surface area contributed by atoms with Gasteiger partial charge < -0.3 is 15.0 Å². The molecule has 1 N–H and O–H groups in total.